The van der Waals surface area contributed by atoms with E-state index < -0.39 is 5.25 Å². The highest BCUT2D eigenvalue weighted by Gasteiger charge is 2.32. The fraction of sp³-hybridized carbons (Fsp3) is 0.400. The SMILES string of the molecule is CCCCN=C1NC(=O)C(CC(=O)Nc2cccc(Cl)c2Cl)S1. The molecular formula is C15H17Cl2N3O2S. The topological polar surface area (TPSA) is 70.6 Å². The molecule has 0 bridgehead atoms. The fourth-order valence-electron chi connectivity index (χ4n) is 1.92. The van der Waals surface area contributed by atoms with Gasteiger partial charge in [-0.15, -0.1) is 0 Å². The lowest BCUT2D eigenvalue weighted by molar-refractivity contribution is -0.122. The molecule has 0 saturated carbocycles. The molecule has 1 atom stereocenters. The Balaban J connectivity index is 1.91. The number of hydrogen-bond acceptors (Lipinski definition) is 4. The van der Waals surface area contributed by atoms with Gasteiger partial charge in [-0.05, 0) is 18.6 Å². The molecule has 1 aromatic carbocycles. The van der Waals surface area contributed by atoms with E-state index in [4.69, 9.17) is 23.2 Å². The second-order valence-electron chi connectivity index (χ2n) is 4.99. The van der Waals surface area contributed by atoms with Gasteiger partial charge in [-0.3, -0.25) is 14.6 Å². The first-order chi connectivity index (χ1) is 11.0. The molecule has 2 amide bonds. The van der Waals surface area contributed by atoms with Crippen molar-refractivity contribution in [2.24, 2.45) is 4.99 Å². The van der Waals surface area contributed by atoms with Crippen molar-refractivity contribution in [1.29, 1.82) is 0 Å². The third-order valence-electron chi connectivity index (χ3n) is 3.14. The Labute approximate surface area is 149 Å². The van der Waals surface area contributed by atoms with Crippen molar-refractivity contribution in [1.82, 2.24) is 5.32 Å². The predicted octanol–water partition coefficient (Wildman–Crippen LogP) is 3.71. The second-order valence-corrected chi connectivity index (χ2v) is 6.97. The minimum absolute atomic E-state index is 0.0478. The molecule has 1 aromatic rings. The van der Waals surface area contributed by atoms with E-state index in [9.17, 15) is 9.59 Å². The summed E-state index contributed by atoms with van der Waals surface area (Å²) in [6.07, 6.45) is 2.06. The number of nitrogens with zero attached hydrogens (tertiary/aromatic N) is 1. The molecule has 1 unspecified atom stereocenters. The van der Waals surface area contributed by atoms with Crippen molar-refractivity contribution in [3.8, 4) is 0 Å². The maximum atomic E-state index is 12.1. The maximum Gasteiger partial charge on any atom is 0.240 e. The Hall–Kier alpha value is -1.24. The number of unbranched alkanes of at least 4 members (excludes halogenated alkanes) is 1. The van der Waals surface area contributed by atoms with Gasteiger partial charge in [0.2, 0.25) is 11.8 Å². The number of carbonyl (C=O) groups is 2. The van der Waals surface area contributed by atoms with Crippen LogP contribution < -0.4 is 10.6 Å². The molecule has 2 rings (SSSR count). The van der Waals surface area contributed by atoms with E-state index in [1.807, 2.05) is 0 Å². The van der Waals surface area contributed by atoms with Crippen molar-refractivity contribution in [3.63, 3.8) is 0 Å². The standard InChI is InChI=1S/C15H17Cl2N3O2S/c1-2-3-7-18-15-20-14(22)11(23-15)8-12(21)19-10-6-4-5-9(16)13(10)17/h4-6,11H,2-3,7-8H2,1H3,(H,19,21)(H,18,20,22). The first-order valence-corrected chi connectivity index (χ1v) is 8.90. The van der Waals surface area contributed by atoms with E-state index in [1.54, 1.807) is 18.2 Å². The number of nitrogens with one attached hydrogen (secondary N) is 2. The smallest absolute Gasteiger partial charge is 0.240 e. The molecule has 2 N–H and O–H groups in total. The summed E-state index contributed by atoms with van der Waals surface area (Å²) in [4.78, 5) is 28.3. The molecule has 1 aliphatic heterocycles. The number of rotatable bonds is 6. The maximum absolute atomic E-state index is 12.1. The van der Waals surface area contributed by atoms with Crippen LogP contribution in [0.15, 0.2) is 23.2 Å². The summed E-state index contributed by atoms with van der Waals surface area (Å²) >= 11 is 13.2. The lowest BCUT2D eigenvalue weighted by atomic mass is 10.2. The van der Waals surface area contributed by atoms with Crippen LogP contribution >= 0.6 is 35.0 Å². The van der Waals surface area contributed by atoms with Crippen LogP contribution in [0.1, 0.15) is 26.2 Å². The molecule has 1 aliphatic rings. The van der Waals surface area contributed by atoms with Crippen LogP contribution in [0.5, 0.6) is 0 Å². The van der Waals surface area contributed by atoms with Crippen LogP contribution in [-0.4, -0.2) is 28.8 Å². The zero-order chi connectivity index (χ0) is 16.8. The van der Waals surface area contributed by atoms with Gasteiger partial charge in [0.15, 0.2) is 5.17 Å². The molecule has 0 radical (unpaired) electrons. The van der Waals surface area contributed by atoms with E-state index in [-0.39, 0.29) is 23.3 Å². The molecular weight excluding hydrogens is 357 g/mol. The van der Waals surface area contributed by atoms with Gasteiger partial charge in [0.05, 0.1) is 15.7 Å². The van der Waals surface area contributed by atoms with E-state index >= 15 is 0 Å². The summed E-state index contributed by atoms with van der Waals surface area (Å²) in [7, 11) is 0. The van der Waals surface area contributed by atoms with E-state index in [0.717, 1.165) is 12.8 Å². The Kier molecular flexibility index (Phi) is 6.74. The highest BCUT2D eigenvalue weighted by atomic mass is 35.5. The monoisotopic (exact) mass is 373 g/mol. The lowest BCUT2D eigenvalue weighted by Gasteiger charge is -2.09. The summed E-state index contributed by atoms with van der Waals surface area (Å²) in [5, 5.41) is 6.13. The number of hydrogen-bond donors (Lipinski definition) is 2. The Morgan fingerprint density at radius 2 is 2.22 bits per heavy atom. The van der Waals surface area contributed by atoms with Gasteiger partial charge in [0.25, 0.3) is 0 Å². The van der Waals surface area contributed by atoms with Crippen molar-refractivity contribution >= 4 is 57.6 Å². The third-order valence-corrected chi connectivity index (χ3v) is 5.08. The fourth-order valence-corrected chi connectivity index (χ4v) is 3.27. The average Bonchev–Trinajstić information content (AvgIpc) is 2.84. The molecule has 5 nitrogen and oxygen atoms in total. The normalized spacial score (nSPS) is 19.0. The molecule has 0 spiro atoms. The number of halogens is 2. The molecule has 1 saturated heterocycles. The van der Waals surface area contributed by atoms with Crippen molar-refractivity contribution < 1.29 is 9.59 Å². The zero-order valence-electron chi connectivity index (χ0n) is 12.6. The van der Waals surface area contributed by atoms with Crippen LogP contribution in [0, 0.1) is 0 Å². The van der Waals surface area contributed by atoms with Crippen LogP contribution in [0.4, 0.5) is 5.69 Å². The van der Waals surface area contributed by atoms with Gasteiger partial charge in [0.1, 0.15) is 5.25 Å². The highest BCUT2D eigenvalue weighted by molar-refractivity contribution is 8.15. The van der Waals surface area contributed by atoms with Crippen LogP contribution in [0.25, 0.3) is 0 Å². The average molecular weight is 374 g/mol. The van der Waals surface area contributed by atoms with Gasteiger partial charge in [-0.25, -0.2) is 0 Å². The number of amides is 2. The molecule has 0 aliphatic carbocycles. The van der Waals surface area contributed by atoms with Gasteiger partial charge in [0, 0.05) is 13.0 Å². The summed E-state index contributed by atoms with van der Waals surface area (Å²) in [6.45, 7) is 2.75. The number of amidine groups is 1. The summed E-state index contributed by atoms with van der Waals surface area (Å²) in [5.41, 5.74) is 0.435. The number of anilines is 1. The minimum Gasteiger partial charge on any atom is -0.325 e. The quantitative estimate of drug-likeness (QED) is 0.746. The van der Waals surface area contributed by atoms with E-state index in [2.05, 4.69) is 22.5 Å². The lowest BCUT2D eigenvalue weighted by Crippen LogP contribution is -2.28. The number of thioether (sulfide) groups is 1. The molecule has 8 heteroatoms. The first-order valence-electron chi connectivity index (χ1n) is 7.27. The van der Waals surface area contributed by atoms with Gasteiger partial charge in [-0.2, -0.15) is 0 Å². The summed E-state index contributed by atoms with van der Waals surface area (Å²) < 4.78 is 0. The van der Waals surface area contributed by atoms with Crippen molar-refractivity contribution in [3.05, 3.63) is 28.2 Å². The van der Waals surface area contributed by atoms with Crippen LogP contribution in [0.3, 0.4) is 0 Å². The van der Waals surface area contributed by atoms with Crippen molar-refractivity contribution in [2.75, 3.05) is 11.9 Å². The van der Waals surface area contributed by atoms with Gasteiger partial charge < -0.3 is 10.6 Å². The van der Waals surface area contributed by atoms with Gasteiger partial charge >= 0.3 is 0 Å². The Morgan fingerprint density at radius 3 is 2.96 bits per heavy atom. The minimum atomic E-state index is -0.478. The number of benzene rings is 1. The molecule has 0 aromatic heterocycles. The predicted molar refractivity (Wildman–Crippen MR) is 96.4 cm³/mol. The zero-order valence-corrected chi connectivity index (χ0v) is 14.9. The molecule has 1 fully saturated rings. The number of carbonyl (C=O) groups excluding carboxylic acids is 2. The van der Waals surface area contributed by atoms with Crippen LogP contribution in [-0.2, 0) is 9.59 Å². The van der Waals surface area contributed by atoms with Crippen LogP contribution in [0.2, 0.25) is 10.0 Å². The van der Waals surface area contributed by atoms with E-state index in [1.165, 1.54) is 11.8 Å². The molecule has 124 valence electrons. The summed E-state index contributed by atoms with van der Waals surface area (Å²) in [6, 6.07) is 4.99. The van der Waals surface area contributed by atoms with Gasteiger partial charge in [-0.1, -0.05) is 54.4 Å². The van der Waals surface area contributed by atoms with E-state index in [0.29, 0.717) is 22.4 Å². The molecule has 23 heavy (non-hydrogen) atoms. The third kappa shape index (κ3) is 5.12. The number of aliphatic imine (C=N–C) groups is 1. The Bertz CT molecular complexity index is 637. The van der Waals surface area contributed by atoms with Crippen molar-refractivity contribution in [2.45, 2.75) is 31.4 Å². The molecule has 1 heterocycles. The second kappa shape index (κ2) is 8.57. The summed E-state index contributed by atoms with van der Waals surface area (Å²) in [5.74, 6) is -0.491. The highest BCUT2D eigenvalue weighted by Crippen LogP contribution is 2.30. The first kappa shape index (κ1) is 18.1. The Morgan fingerprint density at radius 1 is 1.43 bits per heavy atom. The largest absolute Gasteiger partial charge is 0.325 e.